The second kappa shape index (κ2) is 5.95. The smallest absolute Gasteiger partial charge is 0.406 e. The van der Waals surface area contributed by atoms with Crippen LogP contribution in [0.4, 0.5) is 13.2 Å². The zero-order chi connectivity index (χ0) is 15.5. The number of halogens is 3. The fourth-order valence-electron chi connectivity index (χ4n) is 1.56. The molecule has 0 bridgehead atoms. The molecule has 0 spiro atoms. The number of hydrogen-bond acceptors (Lipinski definition) is 3. The van der Waals surface area contributed by atoms with Gasteiger partial charge < -0.3 is 20.1 Å². The van der Waals surface area contributed by atoms with E-state index < -0.39 is 36.7 Å². The number of nitrogens with one attached hydrogen (secondary N) is 1. The molecule has 9 heteroatoms. The highest BCUT2D eigenvalue weighted by Gasteiger charge is 2.31. The molecular formula is C11H13F3N2O4. The highest BCUT2D eigenvalue weighted by Crippen LogP contribution is 2.19. The first-order chi connectivity index (χ1) is 9.11. The number of rotatable bonds is 5. The van der Waals surface area contributed by atoms with E-state index >= 15 is 0 Å². The summed E-state index contributed by atoms with van der Waals surface area (Å²) < 4.78 is 37.5. The van der Waals surface area contributed by atoms with Gasteiger partial charge in [-0.15, -0.1) is 0 Å². The number of carboxylic acid groups (broad SMARTS) is 1. The van der Waals surface area contributed by atoms with Crippen LogP contribution in [-0.4, -0.2) is 45.0 Å². The van der Waals surface area contributed by atoms with Crippen LogP contribution >= 0.6 is 0 Å². The first-order valence-corrected chi connectivity index (χ1v) is 5.55. The zero-order valence-electron chi connectivity index (χ0n) is 10.4. The molecule has 1 amide bonds. The third-order valence-corrected chi connectivity index (χ3v) is 2.45. The number of nitrogens with zero attached hydrogens (tertiary/aromatic N) is 1. The molecule has 0 aliphatic carbocycles. The first-order valence-electron chi connectivity index (χ1n) is 5.55. The number of aliphatic hydroxyl groups excluding tert-OH is 1. The van der Waals surface area contributed by atoms with E-state index in [1.807, 2.05) is 5.32 Å². The highest BCUT2D eigenvalue weighted by molar-refractivity contribution is 5.95. The van der Waals surface area contributed by atoms with Gasteiger partial charge in [0.05, 0.1) is 6.10 Å². The molecule has 6 nitrogen and oxygen atoms in total. The molecule has 0 radical (unpaired) electrons. The third kappa shape index (κ3) is 4.26. The Hall–Kier alpha value is -2.03. The minimum Gasteiger partial charge on any atom is -0.480 e. The molecule has 2 atom stereocenters. The van der Waals surface area contributed by atoms with Crippen LogP contribution in [0.25, 0.3) is 0 Å². The summed E-state index contributed by atoms with van der Waals surface area (Å²) in [5, 5.41) is 20.0. The van der Waals surface area contributed by atoms with Crippen LogP contribution < -0.4 is 5.32 Å². The molecule has 0 aliphatic rings. The summed E-state index contributed by atoms with van der Waals surface area (Å²) >= 11 is 0. The van der Waals surface area contributed by atoms with E-state index in [9.17, 15) is 27.9 Å². The zero-order valence-corrected chi connectivity index (χ0v) is 10.4. The van der Waals surface area contributed by atoms with Crippen molar-refractivity contribution in [3.63, 3.8) is 0 Å². The SMILES string of the molecule is CC(O)C(NC(=O)c1cccn1CC(F)(F)F)C(=O)O. The Kier molecular flexibility index (Phi) is 4.77. The Labute approximate surface area is 111 Å². The van der Waals surface area contributed by atoms with Gasteiger partial charge in [-0.1, -0.05) is 0 Å². The molecule has 20 heavy (non-hydrogen) atoms. The van der Waals surface area contributed by atoms with Gasteiger partial charge in [-0.25, -0.2) is 4.79 Å². The van der Waals surface area contributed by atoms with Crippen molar-refractivity contribution in [2.24, 2.45) is 0 Å². The number of alkyl halides is 3. The number of hydrogen-bond donors (Lipinski definition) is 3. The van der Waals surface area contributed by atoms with Crippen LogP contribution in [0.2, 0.25) is 0 Å². The largest absolute Gasteiger partial charge is 0.480 e. The maximum atomic E-state index is 12.3. The Balaban J connectivity index is 2.88. The molecule has 0 fully saturated rings. The van der Waals surface area contributed by atoms with Gasteiger partial charge in [0.15, 0.2) is 6.04 Å². The van der Waals surface area contributed by atoms with Gasteiger partial charge >= 0.3 is 12.1 Å². The second-order valence-electron chi connectivity index (χ2n) is 4.17. The van der Waals surface area contributed by atoms with Crippen LogP contribution in [0.1, 0.15) is 17.4 Å². The normalized spacial score (nSPS) is 14.7. The monoisotopic (exact) mass is 294 g/mol. The number of carbonyl (C=O) groups is 2. The van der Waals surface area contributed by atoms with Gasteiger partial charge in [-0.2, -0.15) is 13.2 Å². The molecule has 1 aromatic rings. The number of aliphatic hydroxyl groups is 1. The lowest BCUT2D eigenvalue weighted by molar-refractivity contribution is -0.142. The summed E-state index contributed by atoms with van der Waals surface area (Å²) in [6.45, 7) is -0.219. The molecule has 0 aromatic carbocycles. The van der Waals surface area contributed by atoms with Crippen LogP contribution in [0.15, 0.2) is 18.3 Å². The van der Waals surface area contributed by atoms with E-state index in [1.165, 1.54) is 6.07 Å². The Morgan fingerprint density at radius 2 is 2.05 bits per heavy atom. The molecule has 3 N–H and O–H groups in total. The maximum Gasteiger partial charge on any atom is 0.406 e. The molecule has 2 unspecified atom stereocenters. The quantitative estimate of drug-likeness (QED) is 0.742. The number of aliphatic carboxylic acids is 1. The summed E-state index contributed by atoms with van der Waals surface area (Å²) in [6, 6.07) is 0.762. The summed E-state index contributed by atoms with van der Waals surface area (Å²) in [5.41, 5.74) is -0.339. The minimum absolute atomic E-state index is 0.339. The predicted molar refractivity (Wildman–Crippen MR) is 61.1 cm³/mol. The third-order valence-electron chi connectivity index (χ3n) is 2.45. The van der Waals surface area contributed by atoms with Crippen LogP contribution in [0.3, 0.4) is 0 Å². The molecule has 1 aromatic heterocycles. The van der Waals surface area contributed by atoms with Crippen LogP contribution in [0, 0.1) is 0 Å². The van der Waals surface area contributed by atoms with Crippen molar-refractivity contribution >= 4 is 11.9 Å². The van der Waals surface area contributed by atoms with Gasteiger partial charge in [0.25, 0.3) is 5.91 Å². The standard InChI is InChI=1S/C11H13F3N2O4/c1-6(17)8(10(19)20)15-9(18)7-3-2-4-16(7)5-11(12,13)14/h2-4,6,8,17H,5H2,1H3,(H,15,18)(H,19,20). The average molecular weight is 294 g/mol. The lowest BCUT2D eigenvalue weighted by atomic mass is 10.2. The molecule has 0 saturated carbocycles. The van der Waals surface area contributed by atoms with Crippen LogP contribution in [-0.2, 0) is 11.3 Å². The van der Waals surface area contributed by atoms with Crippen molar-refractivity contribution in [2.45, 2.75) is 31.8 Å². The maximum absolute atomic E-state index is 12.3. The average Bonchev–Trinajstić information content (AvgIpc) is 2.70. The van der Waals surface area contributed by atoms with Gasteiger partial charge in [0.1, 0.15) is 12.2 Å². The van der Waals surface area contributed by atoms with E-state index in [0.29, 0.717) is 4.57 Å². The van der Waals surface area contributed by atoms with E-state index in [-0.39, 0.29) is 5.69 Å². The number of carbonyl (C=O) groups excluding carboxylic acids is 1. The molecule has 0 aliphatic heterocycles. The van der Waals surface area contributed by atoms with Crippen molar-refractivity contribution in [3.05, 3.63) is 24.0 Å². The number of aromatic nitrogens is 1. The summed E-state index contributed by atoms with van der Waals surface area (Å²) in [4.78, 5) is 22.6. The number of carboxylic acids is 1. The van der Waals surface area contributed by atoms with E-state index in [2.05, 4.69) is 0 Å². The Morgan fingerprint density at radius 3 is 2.50 bits per heavy atom. The van der Waals surface area contributed by atoms with E-state index in [0.717, 1.165) is 19.2 Å². The summed E-state index contributed by atoms with van der Waals surface area (Å²) in [5.74, 6) is -2.49. The minimum atomic E-state index is -4.51. The van der Waals surface area contributed by atoms with Gasteiger partial charge in [0, 0.05) is 6.20 Å². The second-order valence-corrected chi connectivity index (χ2v) is 4.17. The van der Waals surface area contributed by atoms with E-state index in [1.54, 1.807) is 0 Å². The van der Waals surface area contributed by atoms with Crippen molar-refractivity contribution < 1.29 is 33.0 Å². The van der Waals surface area contributed by atoms with Gasteiger partial charge in [-0.3, -0.25) is 4.79 Å². The number of amides is 1. The molecule has 1 heterocycles. The van der Waals surface area contributed by atoms with Crippen molar-refractivity contribution in [3.8, 4) is 0 Å². The topological polar surface area (TPSA) is 91.6 Å². The van der Waals surface area contributed by atoms with Crippen LogP contribution in [0.5, 0.6) is 0 Å². The fourth-order valence-corrected chi connectivity index (χ4v) is 1.56. The van der Waals surface area contributed by atoms with E-state index in [4.69, 9.17) is 5.11 Å². The van der Waals surface area contributed by atoms with Gasteiger partial charge in [-0.05, 0) is 19.1 Å². The fraction of sp³-hybridized carbons (Fsp3) is 0.455. The Bertz CT molecular complexity index is 496. The summed E-state index contributed by atoms with van der Waals surface area (Å²) in [7, 11) is 0. The highest BCUT2D eigenvalue weighted by atomic mass is 19.4. The van der Waals surface area contributed by atoms with Crippen molar-refractivity contribution in [1.82, 2.24) is 9.88 Å². The predicted octanol–water partition coefficient (Wildman–Crippen LogP) is 0.614. The van der Waals surface area contributed by atoms with Crippen molar-refractivity contribution in [1.29, 1.82) is 0 Å². The molecule has 0 saturated heterocycles. The lowest BCUT2D eigenvalue weighted by Crippen LogP contribution is -2.48. The Morgan fingerprint density at radius 1 is 1.45 bits per heavy atom. The molecular weight excluding hydrogens is 281 g/mol. The molecule has 1 rings (SSSR count). The molecule has 112 valence electrons. The summed E-state index contributed by atoms with van der Waals surface area (Å²) in [6.07, 6.45) is -4.84. The van der Waals surface area contributed by atoms with Crippen molar-refractivity contribution in [2.75, 3.05) is 0 Å². The lowest BCUT2D eigenvalue weighted by Gasteiger charge is -2.18. The first kappa shape index (κ1) is 16.0. The van der Waals surface area contributed by atoms with Gasteiger partial charge in [0.2, 0.25) is 0 Å².